The topological polar surface area (TPSA) is 14.5 Å². The van der Waals surface area contributed by atoms with E-state index in [4.69, 9.17) is 44.8 Å². The first-order chi connectivity index (χ1) is 11.6. The molecule has 0 spiro atoms. The molecule has 0 amide bonds. The second kappa shape index (κ2) is 8.81. The van der Waals surface area contributed by atoms with E-state index in [-0.39, 0.29) is 0 Å². The van der Waals surface area contributed by atoms with E-state index in [0.29, 0.717) is 0 Å². The average molecular weight is 462 g/mol. The van der Waals surface area contributed by atoms with E-state index in [1.807, 2.05) is 39.2 Å². The molecule has 0 atom stereocenters. The molecule has 0 saturated heterocycles. The van der Waals surface area contributed by atoms with E-state index in [1.54, 1.807) is 0 Å². The van der Waals surface area contributed by atoms with Gasteiger partial charge in [-0.1, -0.05) is 30.3 Å². The Morgan fingerprint density at radius 1 is 0.880 bits per heavy atom. The first kappa shape index (κ1) is 20.6. The fraction of sp³-hybridized carbons (Fsp3) is 0.167. The summed E-state index contributed by atoms with van der Waals surface area (Å²) in [5.41, 5.74) is 4.41. The predicted molar refractivity (Wildman–Crippen MR) is 109 cm³/mol. The zero-order chi connectivity index (χ0) is 18.6. The summed E-state index contributed by atoms with van der Waals surface area (Å²) in [6.07, 6.45) is 0. The molecule has 0 aliphatic rings. The molecular weight excluding hydrogens is 444 g/mol. The van der Waals surface area contributed by atoms with Gasteiger partial charge in [0.15, 0.2) is 0 Å². The van der Waals surface area contributed by atoms with Crippen LogP contribution in [0.1, 0.15) is 5.76 Å². The van der Waals surface area contributed by atoms with Gasteiger partial charge in [-0.05, 0) is 23.8 Å². The van der Waals surface area contributed by atoms with Gasteiger partial charge < -0.3 is 4.90 Å². The number of hydrogen-bond acceptors (Lipinski definition) is 1. The van der Waals surface area contributed by atoms with E-state index in [2.05, 4.69) is 41.3 Å². The van der Waals surface area contributed by atoms with Gasteiger partial charge in [0.1, 0.15) is 0 Å². The van der Waals surface area contributed by atoms with Gasteiger partial charge >= 0.3 is 60.9 Å². The standard InChI is InChI=1S/C18H18NO.4ClH.Fe/c1-13-17(14-7-5-4-6-8-14)11-15-9-10-16(19(2)3)12-18(15)20-13;;;;;/h4-12H,1-3H3;4*1H;/q+1;;;;;+3/p-4. The van der Waals surface area contributed by atoms with Gasteiger partial charge in [-0.3, -0.25) is 0 Å². The number of nitrogens with zero attached hydrogens (tertiary/aromatic N) is 1. The van der Waals surface area contributed by atoms with Gasteiger partial charge in [0.05, 0.1) is 23.9 Å². The van der Waals surface area contributed by atoms with Gasteiger partial charge in [-0.25, -0.2) is 4.42 Å². The van der Waals surface area contributed by atoms with Crippen molar-refractivity contribution in [3.63, 3.8) is 0 Å². The van der Waals surface area contributed by atoms with Crippen molar-refractivity contribution in [2.75, 3.05) is 19.0 Å². The van der Waals surface area contributed by atoms with Crippen LogP contribution in [0.25, 0.3) is 22.1 Å². The summed E-state index contributed by atoms with van der Waals surface area (Å²) < 4.78 is 6.01. The zero-order valence-corrected chi connectivity index (χ0v) is 18.0. The van der Waals surface area contributed by atoms with E-state index < -0.39 is 9.20 Å². The molecule has 0 N–H and O–H groups in total. The Morgan fingerprint density at radius 2 is 1.48 bits per heavy atom. The fourth-order valence-electron chi connectivity index (χ4n) is 2.39. The molecule has 7 heteroatoms. The summed E-state index contributed by atoms with van der Waals surface area (Å²) in [5.74, 6) is 0.944. The van der Waals surface area contributed by atoms with Gasteiger partial charge in [0.2, 0.25) is 0 Å². The third-order valence-corrected chi connectivity index (χ3v) is 3.54. The molecule has 0 saturated carbocycles. The molecule has 3 aromatic rings. The monoisotopic (exact) mass is 460 g/mol. The van der Waals surface area contributed by atoms with Crippen molar-refractivity contribution in [1.29, 1.82) is 0 Å². The molecule has 3 rings (SSSR count). The molecule has 0 aliphatic heterocycles. The predicted octanol–water partition coefficient (Wildman–Crippen LogP) is 7.51. The molecule has 0 aliphatic carbocycles. The molecule has 25 heavy (non-hydrogen) atoms. The Labute approximate surface area is 167 Å². The van der Waals surface area contributed by atoms with Crippen LogP contribution >= 0.6 is 40.4 Å². The SMILES string of the molecule is Cc1[o+]c2cc(N(C)C)ccc2cc1-c1ccccc1.[Cl][Fe-]([Cl])([Cl])[Cl]. The molecule has 2 aromatic carbocycles. The molecule has 2 nitrogen and oxygen atoms in total. The van der Waals surface area contributed by atoms with Crippen LogP contribution in [0.5, 0.6) is 0 Å². The average Bonchev–Trinajstić information content (AvgIpc) is 2.53. The minimum absolute atomic E-state index is 0.924. The Morgan fingerprint density at radius 3 is 2.04 bits per heavy atom. The number of fused-ring (bicyclic) bond motifs is 1. The van der Waals surface area contributed by atoms with Crippen LogP contribution in [0.2, 0.25) is 0 Å². The third kappa shape index (κ3) is 6.53. The summed E-state index contributed by atoms with van der Waals surface area (Å²) in [5, 5.41) is 1.13. The second-order valence-electron chi connectivity index (χ2n) is 5.50. The van der Waals surface area contributed by atoms with Gasteiger partial charge in [-0.15, -0.1) is 0 Å². The van der Waals surface area contributed by atoms with E-state index in [9.17, 15) is 0 Å². The van der Waals surface area contributed by atoms with E-state index >= 15 is 0 Å². The maximum absolute atomic E-state index is 6.01. The maximum atomic E-state index is 6.01. The normalized spacial score (nSPS) is 11.6. The third-order valence-electron chi connectivity index (χ3n) is 3.54. The number of halogens is 4. The number of aryl methyl sites for hydroxylation is 1. The van der Waals surface area contributed by atoms with E-state index in [0.717, 1.165) is 28.0 Å². The van der Waals surface area contributed by atoms with Crippen molar-refractivity contribution in [2.24, 2.45) is 0 Å². The van der Waals surface area contributed by atoms with Crippen molar-refractivity contribution < 1.29 is 13.6 Å². The van der Waals surface area contributed by atoms with Crippen LogP contribution in [0.15, 0.2) is 59.0 Å². The summed E-state index contributed by atoms with van der Waals surface area (Å²) >= 11 is 0. The van der Waals surface area contributed by atoms with Crippen LogP contribution in [0.3, 0.4) is 0 Å². The molecular formula is C18H18Cl4FeNO. The number of benzene rings is 2. The molecule has 0 bridgehead atoms. The fourth-order valence-corrected chi connectivity index (χ4v) is 2.39. The van der Waals surface area contributed by atoms with Crippen LogP contribution in [0.4, 0.5) is 5.69 Å². The van der Waals surface area contributed by atoms with Crippen molar-refractivity contribution in [2.45, 2.75) is 6.92 Å². The Balaban J connectivity index is 0.000000399. The van der Waals surface area contributed by atoms with Crippen LogP contribution in [0, 0.1) is 6.92 Å². The second-order valence-corrected chi connectivity index (χ2v) is 16.4. The summed E-state index contributed by atoms with van der Waals surface area (Å²) in [4.78, 5) is 2.08. The van der Waals surface area contributed by atoms with Gasteiger partial charge in [0, 0.05) is 19.8 Å². The van der Waals surface area contributed by atoms with Crippen molar-refractivity contribution >= 4 is 57.0 Å². The molecule has 0 radical (unpaired) electrons. The van der Waals surface area contributed by atoms with Crippen LogP contribution in [-0.2, 0) is 9.20 Å². The number of anilines is 1. The molecule has 137 valence electrons. The molecule has 1 aromatic heterocycles. The van der Waals surface area contributed by atoms with Gasteiger partial charge in [0.25, 0.3) is 0 Å². The molecule has 0 fully saturated rings. The van der Waals surface area contributed by atoms with Crippen LogP contribution < -0.4 is 4.90 Å². The Kier molecular flexibility index (Phi) is 7.28. The first-order valence-corrected chi connectivity index (χ1v) is 13.4. The van der Waals surface area contributed by atoms with Crippen molar-refractivity contribution in [1.82, 2.24) is 0 Å². The molecule has 0 unspecified atom stereocenters. The summed E-state index contributed by atoms with van der Waals surface area (Å²) in [7, 11) is 21.3. The van der Waals surface area contributed by atoms with Crippen LogP contribution in [-0.4, -0.2) is 14.1 Å². The summed E-state index contributed by atoms with van der Waals surface area (Å²) in [6.45, 7) is 2.02. The van der Waals surface area contributed by atoms with E-state index in [1.165, 1.54) is 5.56 Å². The summed E-state index contributed by atoms with van der Waals surface area (Å²) in [6, 6.07) is 18.8. The van der Waals surface area contributed by atoms with Crippen molar-refractivity contribution in [3.8, 4) is 11.1 Å². The first-order valence-electron chi connectivity index (χ1n) is 7.29. The minimum atomic E-state index is -2.61. The number of hydrogen-bond donors (Lipinski definition) is 0. The molecule has 1 heterocycles. The Hall–Kier alpha value is -0.671. The number of rotatable bonds is 2. The quantitative estimate of drug-likeness (QED) is 0.289. The zero-order valence-electron chi connectivity index (χ0n) is 13.9. The van der Waals surface area contributed by atoms with Crippen molar-refractivity contribution in [3.05, 3.63) is 60.4 Å². The van der Waals surface area contributed by atoms with Gasteiger partial charge in [-0.2, -0.15) is 0 Å². The Bertz CT molecular complexity index is 845.